The Morgan fingerprint density at radius 3 is 2.05 bits per heavy atom. The number of hydrogen-bond donors (Lipinski definition) is 0. The van der Waals surface area contributed by atoms with Crippen LogP contribution >= 0.6 is 0 Å². The third-order valence-corrected chi connectivity index (χ3v) is 4.90. The van der Waals surface area contributed by atoms with Gasteiger partial charge in [0.25, 0.3) is 0 Å². The van der Waals surface area contributed by atoms with Gasteiger partial charge in [-0.25, -0.2) is 4.79 Å². The first-order valence-electron chi connectivity index (χ1n) is 7.73. The molecular formula is C16H31NO2. The van der Waals surface area contributed by atoms with Gasteiger partial charge < -0.3 is 9.64 Å². The lowest BCUT2D eigenvalue weighted by Gasteiger charge is -2.39. The molecule has 0 radical (unpaired) electrons. The van der Waals surface area contributed by atoms with Crippen LogP contribution in [0.25, 0.3) is 0 Å². The third kappa shape index (κ3) is 4.39. The number of rotatable bonds is 4. The minimum absolute atomic E-state index is 0.132. The maximum absolute atomic E-state index is 12.2. The minimum atomic E-state index is -0.405. The molecule has 2 unspecified atom stereocenters. The van der Waals surface area contributed by atoms with E-state index in [4.69, 9.17) is 4.74 Å². The molecule has 0 N–H and O–H groups in total. The van der Waals surface area contributed by atoms with Crippen LogP contribution in [0.3, 0.4) is 0 Å². The molecule has 3 nitrogen and oxygen atoms in total. The van der Waals surface area contributed by atoms with Gasteiger partial charge in [0.2, 0.25) is 0 Å². The summed E-state index contributed by atoms with van der Waals surface area (Å²) in [7, 11) is 0. The SMILES string of the molecule is CC(C)C(C)C(C)C(C)(C)OC(=O)N1CCCCC1. The quantitative estimate of drug-likeness (QED) is 0.761. The normalized spacial score (nSPS) is 20.3. The highest BCUT2D eigenvalue weighted by molar-refractivity contribution is 5.68. The van der Waals surface area contributed by atoms with Gasteiger partial charge >= 0.3 is 6.09 Å². The second-order valence-corrected chi connectivity index (χ2v) is 6.91. The predicted octanol–water partition coefficient (Wildman–Crippen LogP) is 4.32. The van der Waals surface area contributed by atoms with Crippen LogP contribution < -0.4 is 0 Å². The van der Waals surface area contributed by atoms with E-state index in [1.807, 2.05) is 18.7 Å². The van der Waals surface area contributed by atoms with Crippen LogP contribution in [0.15, 0.2) is 0 Å². The lowest BCUT2D eigenvalue weighted by atomic mass is 9.77. The molecule has 3 heteroatoms. The summed E-state index contributed by atoms with van der Waals surface area (Å²) in [5, 5.41) is 0. The van der Waals surface area contributed by atoms with Gasteiger partial charge in [-0.2, -0.15) is 0 Å². The van der Waals surface area contributed by atoms with Crippen LogP contribution in [0.1, 0.15) is 60.8 Å². The molecule has 0 aliphatic carbocycles. The number of amides is 1. The smallest absolute Gasteiger partial charge is 0.410 e. The molecule has 112 valence electrons. The van der Waals surface area contributed by atoms with Crippen molar-refractivity contribution in [1.29, 1.82) is 0 Å². The standard InChI is InChI=1S/C16H31NO2/c1-12(2)13(3)14(4)16(5,6)19-15(18)17-10-8-7-9-11-17/h12-14H,7-11H2,1-6H3. The van der Waals surface area contributed by atoms with Gasteiger partial charge in [0.1, 0.15) is 5.60 Å². The topological polar surface area (TPSA) is 29.5 Å². The van der Waals surface area contributed by atoms with E-state index < -0.39 is 5.60 Å². The highest BCUT2D eigenvalue weighted by Crippen LogP contribution is 2.32. The molecule has 2 atom stereocenters. The fraction of sp³-hybridized carbons (Fsp3) is 0.938. The number of nitrogens with zero attached hydrogens (tertiary/aromatic N) is 1. The monoisotopic (exact) mass is 269 g/mol. The molecule has 1 saturated heterocycles. The van der Waals surface area contributed by atoms with Crippen LogP contribution in [-0.4, -0.2) is 29.7 Å². The average Bonchev–Trinajstić information content (AvgIpc) is 2.37. The predicted molar refractivity (Wildman–Crippen MR) is 79.2 cm³/mol. The Labute approximate surface area is 118 Å². The zero-order valence-corrected chi connectivity index (χ0v) is 13.5. The van der Waals surface area contributed by atoms with Crippen molar-refractivity contribution in [3.8, 4) is 0 Å². The number of likely N-dealkylation sites (tertiary alicyclic amines) is 1. The van der Waals surface area contributed by atoms with Crippen molar-refractivity contribution in [3.63, 3.8) is 0 Å². The zero-order chi connectivity index (χ0) is 14.6. The summed E-state index contributed by atoms with van der Waals surface area (Å²) in [5.74, 6) is 1.48. The molecule has 1 aliphatic heterocycles. The van der Waals surface area contributed by atoms with Crippen molar-refractivity contribution in [3.05, 3.63) is 0 Å². The molecule has 0 aromatic carbocycles. The molecule has 0 bridgehead atoms. The maximum atomic E-state index is 12.2. The van der Waals surface area contributed by atoms with Gasteiger partial charge in [-0.05, 0) is 50.9 Å². The fourth-order valence-corrected chi connectivity index (χ4v) is 2.67. The molecule has 1 amide bonds. The fourth-order valence-electron chi connectivity index (χ4n) is 2.67. The summed E-state index contributed by atoms with van der Waals surface area (Å²) >= 11 is 0. The van der Waals surface area contributed by atoms with Crippen molar-refractivity contribution < 1.29 is 9.53 Å². The first-order chi connectivity index (χ1) is 8.75. The van der Waals surface area contributed by atoms with Crippen molar-refractivity contribution in [2.24, 2.45) is 17.8 Å². The van der Waals surface area contributed by atoms with Crippen molar-refractivity contribution in [2.75, 3.05) is 13.1 Å². The Morgan fingerprint density at radius 1 is 1.05 bits per heavy atom. The van der Waals surface area contributed by atoms with E-state index in [9.17, 15) is 4.79 Å². The summed E-state index contributed by atoms with van der Waals surface area (Å²) in [6.45, 7) is 14.7. The lowest BCUT2D eigenvalue weighted by molar-refractivity contribution is -0.0415. The van der Waals surface area contributed by atoms with Crippen LogP contribution in [0.4, 0.5) is 4.79 Å². The van der Waals surface area contributed by atoms with Gasteiger partial charge in [0.05, 0.1) is 0 Å². The summed E-state index contributed by atoms with van der Waals surface area (Å²) in [6, 6.07) is 0. The number of carbonyl (C=O) groups excluding carboxylic acids is 1. The van der Waals surface area contributed by atoms with Gasteiger partial charge in [-0.1, -0.05) is 27.7 Å². The van der Waals surface area contributed by atoms with E-state index in [1.54, 1.807) is 0 Å². The Bertz CT molecular complexity index is 293. The molecule has 1 fully saturated rings. The summed E-state index contributed by atoms with van der Waals surface area (Å²) in [6.07, 6.45) is 3.31. The zero-order valence-electron chi connectivity index (χ0n) is 13.5. The second kappa shape index (κ2) is 6.62. The van der Waals surface area contributed by atoms with Crippen LogP contribution in [0.2, 0.25) is 0 Å². The number of hydrogen-bond acceptors (Lipinski definition) is 2. The Balaban J connectivity index is 2.59. The van der Waals surface area contributed by atoms with Crippen molar-refractivity contribution in [2.45, 2.75) is 66.4 Å². The highest BCUT2D eigenvalue weighted by Gasteiger charge is 2.36. The van der Waals surface area contributed by atoms with Crippen molar-refractivity contribution >= 4 is 6.09 Å². The molecule has 0 aromatic rings. The number of ether oxygens (including phenoxy) is 1. The number of carbonyl (C=O) groups is 1. The van der Waals surface area contributed by atoms with E-state index in [0.717, 1.165) is 25.9 Å². The van der Waals surface area contributed by atoms with Crippen LogP contribution in [-0.2, 0) is 4.74 Å². The van der Waals surface area contributed by atoms with Gasteiger partial charge in [0.15, 0.2) is 0 Å². The van der Waals surface area contributed by atoms with E-state index in [-0.39, 0.29) is 6.09 Å². The Kier molecular flexibility index (Phi) is 5.69. The largest absolute Gasteiger partial charge is 0.443 e. The molecule has 1 rings (SSSR count). The highest BCUT2D eigenvalue weighted by atomic mass is 16.6. The van der Waals surface area contributed by atoms with Crippen LogP contribution in [0, 0.1) is 17.8 Å². The molecule has 1 heterocycles. The van der Waals surface area contributed by atoms with Crippen molar-refractivity contribution in [1.82, 2.24) is 4.90 Å². The molecule has 0 spiro atoms. The molecule has 19 heavy (non-hydrogen) atoms. The van der Waals surface area contributed by atoms with Gasteiger partial charge in [-0.15, -0.1) is 0 Å². The maximum Gasteiger partial charge on any atom is 0.410 e. The second-order valence-electron chi connectivity index (χ2n) is 6.91. The van der Waals surface area contributed by atoms with Gasteiger partial charge in [-0.3, -0.25) is 0 Å². The van der Waals surface area contributed by atoms with E-state index in [1.165, 1.54) is 6.42 Å². The Morgan fingerprint density at radius 2 is 1.58 bits per heavy atom. The minimum Gasteiger partial charge on any atom is -0.443 e. The molecule has 1 aliphatic rings. The lowest BCUT2D eigenvalue weighted by Crippen LogP contribution is -2.45. The Hall–Kier alpha value is -0.730. The number of piperidine rings is 1. The summed E-state index contributed by atoms with van der Waals surface area (Å²) in [5.41, 5.74) is -0.405. The van der Waals surface area contributed by atoms with E-state index in [0.29, 0.717) is 17.8 Å². The van der Waals surface area contributed by atoms with Crippen LogP contribution in [0.5, 0.6) is 0 Å². The first kappa shape index (κ1) is 16.3. The molecule has 0 aromatic heterocycles. The molecule has 0 saturated carbocycles. The van der Waals surface area contributed by atoms with E-state index >= 15 is 0 Å². The van der Waals surface area contributed by atoms with E-state index in [2.05, 4.69) is 27.7 Å². The van der Waals surface area contributed by atoms with Gasteiger partial charge in [0, 0.05) is 13.1 Å². The summed E-state index contributed by atoms with van der Waals surface area (Å²) < 4.78 is 5.80. The third-order valence-electron chi connectivity index (χ3n) is 4.90. The molecular weight excluding hydrogens is 238 g/mol. The summed E-state index contributed by atoms with van der Waals surface area (Å²) in [4.78, 5) is 14.1. The average molecular weight is 269 g/mol. The first-order valence-corrected chi connectivity index (χ1v) is 7.73.